The fraction of sp³-hybridized carbons (Fsp3) is 0.0435. The summed E-state index contributed by atoms with van der Waals surface area (Å²) < 4.78 is 10.0. The van der Waals surface area contributed by atoms with Crippen molar-refractivity contribution in [2.45, 2.75) is 0 Å². The molecule has 57 heavy (non-hydrogen) atoms. The Morgan fingerprint density at radius 2 is 0.912 bits per heavy atom. The molecule has 284 valence electrons. The largest absolute Gasteiger partial charge is 0.497 e. The second-order valence-corrected chi connectivity index (χ2v) is 14.4. The van der Waals surface area contributed by atoms with Crippen molar-refractivity contribution in [2.75, 3.05) is 25.3 Å². The molecule has 0 radical (unpaired) electrons. The Hall–Kier alpha value is -6.59. The highest BCUT2D eigenvalue weighted by Gasteiger charge is 2.17. The minimum Gasteiger partial charge on any atom is -0.497 e. The van der Waals surface area contributed by atoms with E-state index in [2.05, 4.69) is 46.7 Å². The van der Waals surface area contributed by atoms with Crippen molar-refractivity contribution in [2.24, 2.45) is 0 Å². The van der Waals surface area contributed by atoms with Crippen molar-refractivity contribution in [3.63, 3.8) is 0 Å². The van der Waals surface area contributed by atoms with E-state index in [0.717, 1.165) is 43.4 Å². The molecular formula is C46H37ClN4O4S2. The number of hydrogen-bond acceptors (Lipinski definition) is 9. The Bertz CT molecular complexity index is 2380. The van der Waals surface area contributed by atoms with Gasteiger partial charge in [-0.1, -0.05) is 144 Å². The molecule has 6 aromatic carbocycles. The highest BCUT2D eigenvalue weighted by molar-refractivity contribution is 7.19. The predicted molar refractivity (Wildman–Crippen MR) is 235 cm³/mol. The van der Waals surface area contributed by atoms with Gasteiger partial charge in [-0.2, -0.15) is 0 Å². The summed E-state index contributed by atoms with van der Waals surface area (Å²) in [6.07, 6.45) is 0. The smallest absolute Gasteiger partial charge is 0.257 e. The number of ether oxygens (including phenoxy) is 2. The van der Waals surface area contributed by atoms with Crippen LogP contribution in [0.15, 0.2) is 170 Å². The van der Waals surface area contributed by atoms with E-state index in [1.54, 1.807) is 62.8 Å². The van der Waals surface area contributed by atoms with Gasteiger partial charge in [0.2, 0.25) is 0 Å². The highest BCUT2D eigenvalue weighted by atomic mass is 35.5. The van der Waals surface area contributed by atoms with Gasteiger partial charge < -0.3 is 15.2 Å². The minimum absolute atomic E-state index is 0.198. The molecule has 0 aliphatic carbocycles. The van der Waals surface area contributed by atoms with Crippen molar-refractivity contribution >= 4 is 55.7 Å². The number of benzene rings is 6. The number of anilines is 2. The van der Waals surface area contributed by atoms with E-state index in [-0.39, 0.29) is 5.91 Å². The first-order chi connectivity index (χ1) is 27.8. The number of rotatable bonds is 9. The maximum atomic E-state index is 12.6. The Morgan fingerprint density at radius 3 is 1.33 bits per heavy atom. The van der Waals surface area contributed by atoms with Crippen LogP contribution in [-0.2, 0) is 0 Å². The lowest BCUT2D eigenvalue weighted by molar-refractivity contribution is 0.102. The average molecular weight is 809 g/mol. The number of hydrogen-bond donors (Lipinski definition) is 2. The molecule has 0 fully saturated rings. The number of methoxy groups -OCH3 is 2. The maximum absolute atomic E-state index is 12.6. The van der Waals surface area contributed by atoms with Gasteiger partial charge in [-0.05, 0) is 71.3 Å². The molecular weight excluding hydrogens is 772 g/mol. The van der Waals surface area contributed by atoms with Crippen LogP contribution >= 0.6 is 34.3 Å². The van der Waals surface area contributed by atoms with E-state index in [1.807, 2.05) is 84.9 Å². The molecule has 0 atom stereocenters. The fourth-order valence-corrected chi connectivity index (χ4v) is 7.47. The zero-order chi connectivity index (χ0) is 40.0. The van der Waals surface area contributed by atoms with Gasteiger partial charge >= 0.3 is 0 Å². The van der Waals surface area contributed by atoms with Crippen LogP contribution in [0.4, 0.5) is 10.3 Å². The third-order valence-corrected chi connectivity index (χ3v) is 10.5. The number of carbonyl (C=O) groups is 2. The van der Waals surface area contributed by atoms with Gasteiger partial charge in [-0.25, -0.2) is 9.97 Å². The first-order valence-corrected chi connectivity index (χ1v) is 19.6. The molecule has 8 rings (SSSR count). The zero-order valence-corrected chi connectivity index (χ0v) is 33.4. The quantitative estimate of drug-likeness (QED) is 0.139. The van der Waals surface area contributed by atoms with Crippen molar-refractivity contribution in [3.05, 3.63) is 181 Å². The number of nitrogens with one attached hydrogen (secondary N) is 1. The van der Waals surface area contributed by atoms with Gasteiger partial charge in [0.25, 0.3) is 11.1 Å². The van der Waals surface area contributed by atoms with Gasteiger partial charge in [-0.3, -0.25) is 14.9 Å². The standard InChI is InChI=1S/C23H18N2O2S.C15H12N2S.C8H7ClO2/c1-27-19-14-12-18(13-15-19)22(26)25-23-24-20(16-8-4-2-5-9-16)21(28-23)17-10-6-3-7-11-17;16-15-17-13(11-7-3-1-4-8-11)14(18-15)12-9-5-2-6-10-12;1-11-7-4-2-6(3-5-7)8(9)10/h2-15H,1H3,(H,24,25,26);1-10H,(H2,16,17);2-5H,1H3. The van der Waals surface area contributed by atoms with E-state index in [4.69, 9.17) is 31.8 Å². The van der Waals surface area contributed by atoms with Crippen LogP contribution in [-0.4, -0.2) is 35.3 Å². The topological polar surface area (TPSA) is 116 Å². The highest BCUT2D eigenvalue weighted by Crippen LogP contribution is 2.39. The third-order valence-electron chi connectivity index (χ3n) is 8.33. The van der Waals surface area contributed by atoms with Crippen LogP contribution in [0.3, 0.4) is 0 Å². The second-order valence-electron chi connectivity index (χ2n) is 12.1. The molecule has 8 nitrogen and oxygen atoms in total. The summed E-state index contributed by atoms with van der Waals surface area (Å²) in [7, 11) is 3.17. The van der Waals surface area contributed by atoms with E-state index in [0.29, 0.717) is 32.9 Å². The maximum Gasteiger partial charge on any atom is 0.257 e. The number of nitrogen functional groups attached to an aromatic ring is 1. The number of thiazole rings is 2. The lowest BCUT2D eigenvalue weighted by atomic mass is 10.1. The fourth-order valence-electron chi connectivity index (χ4n) is 5.50. The van der Waals surface area contributed by atoms with E-state index >= 15 is 0 Å². The van der Waals surface area contributed by atoms with Crippen LogP contribution in [0.1, 0.15) is 20.7 Å². The van der Waals surface area contributed by atoms with E-state index in [1.165, 1.54) is 22.7 Å². The summed E-state index contributed by atoms with van der Waals surface area (Å²) in [5.74, 6) is 1.23. The van der Waals surface area contributed by atoms with Crippen molar-refractivity contribution < 1.29 is 19.1 Å². The summed E-state index contributed by atoms with van der Waals surface area (Å²) >= 11 is 8.22. The van der Waals surface area contributed by atoms with E-state index < -0.39 is 5.24 Å². The van der Waals surface area contributed by atoms with Crippen LogP contribution in [0.25, 0.3) is 43.4 Å². The van der Waals surface area contributed by atoms with Crippen LogP contribution in [0.5, 0.6) is 11.5 Å². The average Bonchev–Trinajstić information content (AvgIpc) is 3.89. The Kier molecular flexibility index (Phi) is 13.9. The number of carbonyl (C=O) groups excluding carboxylic acids is 2. The Morgan fingerprint density at radius 1 is 0.526 bits per heavy atom. The molecule has 11 heteroatoms. The van der Waals surface area contributed by atoms with Gasteiger partial charge in [0.15, 0.2) is 10.3 Å². The molecule has 0 spiro atoms. The summed E-state index contributed by atoms with van der Waals surface area (Å²) in [4.78, 5) is 34.5. The molecule has 1 amide bonds. The molecule has 0 aliphatic rings. The molecule has 2 heterocycles. The SMILES string of the molecule is COc1ccc(C(=O)Cl)cc1.COc1ccc(C(=O)Nc2nc(-c3ccccc3)c(-c3ccccc3)s2)cc1.Nc1nc(-c2ccccc2)c(-c2ccccc2)s1. The zero-order valence-electron chi connectivity index (χ0n) is 31.0. The predicted octanol–water partition coefficient (Wildman–Crippen LogP) is 11.9. The molecule has 0 aliphatic heterocycles. The Balaban J connectivity index is 0.000000161. The molecule has 8 aromatic rings. The molecule has 2 aromatic heterocycles. The van der Waals surface area contributed by atoms with Crippen LogP contribution < -0.4 is 20.5 Å². The number of aromatic nitrogens is 2. The molecule has 0 saturated heterocycles. The number of nitrogens with zero attached hydrogens (tertiary/aromatic N) is 2. The summed E-state index contributed by atoms with van der Waals surface area (Å²) in [6.45, 7) is 0. The minimum atomic E-state index is -0.451. The molecule has 0 bridgehead atoms. The number of amides is 1. The van der Waals surface area contributed by atoms with Crippen molar-refractivity contribution in [1.29, 1.82) is 0 Å². The van der Waals surface area contributed by atoms with Gasteiger partial charge in [-0.15, -0.1) is 0 Å². The van der Waals surface area contributed by atoms with Crippen LogP contribution in [0.2, 0.25) is 0 Å². The second kappa shape index (κ2) is 19.8. The molecule has 3 N–H and O–H groups in total. The van der Waals surface area contributed by atoms with E-state index in [9.17, 15) is 9.59 Å². The monoisotopic (exact) mass is 808 g/mol. The summed E-state index contributed by atoms with van der Waals surface area (Å²) in [6, 6.07) is 54.1. The first kappa shape index (κ1) is 40.1. The molecule has 0 unspecified atom stereocenters. The normalized spacial score (nSPS) is 10.2. The summed E-state index contributed by atoms with van der Waals surface area (Å²) in [5.41, 5.74) is 13.1. The Labute approximate surface area is 344 Å². The van der Waals surface area contributed by atoms with Crippen molar-refractivity contribution in [3.8, 4) is 54.9 Å². The lowest BCUT2D eigenvalue weighted by Crippen LogP contribution is -2.11. The molecule has 0 saturated carbocycles. The van der Waals surface area contributed by atoms with Gasteiger partial charge in [0.05, 0.1) is 35.4 Å². The third kappa shape index (κ3) is 10.8. The van der Waals surface area contributed by atoms with Gasteiger partial charge in [0, 0.05) is 22.3 Å². The number of halogens is 1. The van der Waals surface area contributed by atoms with Crippen LogP contribution in [0, 0.1) is 0 Å². The summed E-state index contributed by atoms with van der Waals surface area (Å²) in [5, 5.41) is 3.64. The van der Waals surface area contributed by atoms with Crippen molar-refractivity contribution in [1.82, 2.24) is 9.97 Å². The number of nitrogens with two attached hydrogens (primary N) is 1. The van der Waals surface area contributed by atoms with Gasteiger partial charge in [0.1, 0.15) is 11.5 Å². The first-order valence-electron chi connectivity index (χ1n) is 17.6. The lowest BCUT2D eigenvalue weighted by Gasteiger charge is -2.03.